The van der Waals surface area contributed by atoms with E-state index in [1.165, 1.54) is 29.2 Å². The lowest BCUT2D eigenvalue weighted by atomic mass is 9.97. The first-order valence-corrected chi connectivity index (χ1v) is 16.7. The standard InChI is InChI=1S/C33H30BrIN2O7S/c1-5-42-25-12-9-20(14-26(25)43-6-2)29-24(32(39)41-4)17-36-33-37(29)31(38)28(45-33)15-21-13-23(35)16-27(40-3)30(21)44-18-19-7-10-22(34)11-8-19/h7-17,29H,5-6,18H2,1-4H3/b28-15+/t29-/m0/s1. The van der Waals surface area contributed by atoms with Crippen molar-refractivity contribution in [3.63, 3.8) is 0 Å². The van der Waals surface area contributed by atoms with Gasteiger partial charge in [-0.2, -0.15) is 0 Å². The van der Waals surface area contributed by atoms with Crippen LogP contribution in [0.1, 0.15) is 36.6 Å². The van der Waals surface area contributed by atoms with Gasteiger partial charge in [0.25, 0.3) is 5.56 Å². The summed E-state index contributed by atoms with van der Waals surface area (Å²) in [4.78, 5) is 32.0. The van der Waals surface area contributed by atoms with Gasteiger partial charge in [-0.1, -0.05) is 45.5 Å². The van der Waals surface area contributed by atoms with Crippen LogP contribution in [0.15, 0.2) is 80.6 Å². The summed E-state index contributed by atoms with van der Waals surface area (Å²) in [5.41, 5.74) is 2.20. The molecule has 0 spiro atoms. The quantitative estimate of drug-likeness (QED) is 0.140. The Morgan fingerprint density at radius 3 is 2.42 bits per heavy atom. The summed E-state index contributed by atoms with van der Waals surface area (Å²) >= 11 is 6.88. The second kappa shape index (κ2) is 14.6. The maximum atomic E-state index is 14.2. The van der Waals surface area contributed by atoms with E-state index in [0.29, 0.717) is 63.3 Å². The van der Waals surface area contributed by atoms with Crippen LogP contribution in [0.3, 0.4) is 0 Å². The van der Waals surface area contributed by atoms with Crippen molar-refractivity contribution in [1.82, 2.24) is 4.57 Å². The lowest BCUT2D eigenvalue weighted by Crippen LogP contribution is -2.39. The number of carbonyl (C=O) groups is 1. The summed E-state index contributed by atoms with van der Waals surface area (Å²) in [5.74, 6) is 1.55. The monoisotopic (exact) mass is 804 g/mol. The Kier molecular flexibility index (Phi) is 10.7. The fourth-order valence-electron chi connectivity index (χ4n) is 4.87. The number of fused-ring (bicyclic) bond motifs is 1. The van der Waals surface area contributed by atoms with Gasteiger partial charge in [-0.15, -0.1) is 0 Å². The zero-order chi connectivity index (χ0) is 32.1. The van der Waals surface area contributed by atoms with Crippen molar-refractivity contribution in [2.45, 2.75) is 26.5 Å². The van der Waals surface area contributed by atoms with Crippen LogP contribution in [0, 0.1) is 3.57 Å². The third kappa shape index (κ3) is 7.12. The van der Waals surface area contributed by atoms with Gasteiger partial charge >= 0.3 is 5.97 Å². The summed E-state index contributed by atoms with van der Waals surface area (Å²) in [6, 6.07) is 16.2. The van der Waals surface area contributed by atoms with Gasteiger partial charge in [0.2, 0.25) is 0 Å². The fourth-order valence-corrected chi connectivity index (χ4v) is 6.71. The largest absolute Gasteiger partial charge is 0.493 e. The minimum atomic E-state index is -0.802. The number of carbonyl (C=O) groups excluding carboxylic acids is 1. The fraction of sp³-hybridized carbons (Fsp3) is 0.242. The average Bonchev–Trinajstić information content (AvgIpc) is 3.35. The van der Waals surface area contributed by atoms with Crippen molar-refractivity contribution < 1.29 is 28.5 Å². The van der Waals surface area contributed by atoms with Crippen LogP contribution in [0.2, 0.25) is 0 Å². The van der Waals surface area contributed by atoms with Crippen molar-refractivity contribution in [3.8, 4) is 23.0 Å². The molecule has 1 atom stereocenters. The molecule has 0 unspecified atom stereocenters. The van der Waals surface area contributed by atoms with Crippen LogP contribution in [0.25, 0.3) is 6.08 Å². The first-order chi connectivity index (χ1) is 21.8. The van der Waals surface area contributed by atoms with E-state index in [1.807, 2.05) is 56.3 Å². The summed E-state index contributed by atoms with van der Waals surface area (Å²) in [6.07, 6.45) is 3.23. The molecular formula is C33H30BrIN2O7S. The smallest absolute Gasteiger partial charge is 0.337 e. The lowest BCUT2D eigenvalue weighted by Gasteiger charge is -2.23. The Morgan fingerprint density at radius 2 is 1.73 bits per heavy atom. The molecule has 3 aromatic carbocycles. The van der Waals surface area contributed by atoms with Crippen LogP contribution in [-0.2, 0) is 16.1 Å². The SMILES string of the molecule is CCOc1ccc([C@H]2C(C(=O)OC)=CN=c3s/c(=C/c4cc(I)cc(OC)c4OCc4ccc(Br)cc4)c(=O)n32)cc1OCC. The van der Waals surface area contributed by atoms with Crippen LogP contribution < -0.4 is 33.8 Å². The number of hydrogen-bond acceptors (Lipinski definition) is 9. The molecule has 5 rings (SSSR count). The topological polar surface area (TPSA) is 97.6 Å². The minimum absolute atomic E-state index is 0.220. The van der Waals surface area contributed by atoms with E-state index >= 15 is 0 Å². The normalized spacial score (nSPS) is 14.2. The molecule has 0 saturated heterocycles. The van der Waals surface area contributed by atoms with Gasteiger partial charge in [-0.3, -0.25) is 9.36 Å². The number of thiazole rings is 1. The van der Waals surface area contributed by atoms with Gasteiger partial charge in [0.05, 0.1) is 43.6 Å². The highest BCUT2D eigenvalue weighted by molar-refractivity contribution is 14.1. The van der Waals surface area contributed by atoms with E-state index < -0.39 is 12.0 Å². The van der Waals surface area contributed by atoms with E-state index in [1.54, 1.807) is 25.3 Å². The van der Waals surface area contributed by atoms with Crippen molar-refractivity contribution in [2.75, 3.05) is 27.4 Å². The number of rotatable bonds is 11. The molecule has 0 N–H and O–H groups in total. The molecule has 0 amide bonds. The zero-order valence-corrected chi connectivity index (χ0v) is 29.5. The number of nitrogens with zero attached hydrogens (tertiary/aromatic N) is 2. The molecule has 1 aromatic heterocycles. The highest BCUT2D eigenvalue weighted by atomic mass is 127. The maximum absolute atomic E-state index is 14.2. The molecule has 0 aliphatic carbocycles. The van der Waals surface area contributed by atoms with Crippen LogP contribution in [-0.4, -0.2) is 38.0 Å². The van der Waals surface area contributed by atoms with Crippen molar-refractivity contribution in [3.05, 3.63) is 111 Å². The molecule has 9 nitrogen and oxygen atoms in total. The number of benzene rings is 3. The lowest BCUT2D eigenvalue weighted by molar-refractivity contribution is -0.136. The van der Waals surface area contributed by atoms with E-state index in [4.69, 9.17) is 23.7 Å². The zero-order valence-electron chi connectivity index (χ0n) is 25.0. The number of halogens is 2. The van der Waals surface area contributed by atoms with Gasteiger partial charge < -0.3 is 23.7 Å². The molecule has 1 aliphatic heterocycles. The molecule has 1 aliphatic rings. The number of esters is 1. The van der Waals surface area contributed by atoms with Crippen LogP contribution in [0.5, 0.6) is 23.0 Å². The first kappa shape index (κ1) is 32.8. The third-order valence-electron chi connectivity index (χ3n) is 6.86. The number of ether oxygens (including phenoxy) is 5. The molecular weight excluding hydrogens is 775 g/mol. The summed E-state index contributed by atoms with van der Waals surface area (Å²) < 4.78 is 32.4. The Morgan fingerprint density at radius 1 is 1.00 bits per heavy atom. The summed E-state index contributed by atoms with van der Waals surface area (Å²) in [7, 11) is 2.88. The molecule has 0 fully saturated rings. The van der Waals surface area contributed by atoms with E-state index in [-0.39, 0.29) is 11.1 Å². The van der Waals surface area contributed by atoms with Crippen molar-refractivity contribution >= 4 is 61.9 Å². The van der Waals surface area contributed by atoms with Crippen molar-refractivity contribution in [2.24, 2.45) is 4.99 Å². The predicted octanol–water partition coefficient (Wildman–Crippen LogP) is 5.77. The first-order valence-electron chi connectivity index (χ1n) is 14.0. The van der Waals surface area contributed by atoms with Gasteiger partial charge in [0.1, 0.15) is 6.61 Å². The molecule has 0 radical (unpaired) electrons. The molecule has 0 saturated carbocycles. The average molecular weight is 805 g/mol. The molecule has 234 valence electrons. The van der Waals surface area contributed by atoms with E-state index in [0.717, 1.165) is 13.6 Å². The van der Waals surface area contributed by atoms with E-state index in [2.05, 4.69) is 43.5 Å². The van der Waals surface area contributed by atoms with Crippen LogP contribution in [0.4, 0.5) is 0 Å². The molecule has 12 heteroatoms. The van der Waals surface area contributed by atoms with Crippen molar-refractivity contribution in [1.29, 1.82) is 0 Å². The van der Waals surface area contributed by atoms with Crippen LogP contribution >= 0.6 is 49.9 Å². The van der Waals surface area contributed by atoms with Gasteiger partial charge in [0, 0.05) is 19.8 Å². The van der Waals surface area contributed by atoms with Gasteiger partial charge in [-0.25, -0.2) is 9.79 Å². The Bertz CT molecular complexity index is 1940. The molecule has 0 bridgehead atoms. The van der Waals surface area contributed by atoms with E-state index in [9.17, 15) is 9.59 Å². The van der Waals surface area contributed by atoms with Gasteiger partial charge in [-0.05, 0) is 90.0 Å². The predicted molar refractivity (Wildman–Crippen MR) is 184 cm³/mol. The third-order valence-corrected chi connectivity index (χ3v) is 9.01. The highest BCUT2D eigenvalue weighted by Crippen LogP contribution is 2.36. The Balaban J connectivity index is 1.64. The number of hydrogen-bond donors (Lipinski definition) is 0. The Labute approximate surface area is 286 Å². The maximum Gasteiger partial charge on any atom is 0.337 e. The summed E-state index contributed by atoms with van der Waals surface area (Å²) in [5, 5.41) is 0. The number of methoxy groups -OCH3 is 2. The van der Waals surface area contributed by atoms with Gasteiger partial charge in [0.15, 0.2) is 27.8 Å². The second-order valence-corrected chi connectivity index (χ2v) is 12.9. The molecule has 2 heterocycles. The minimum Gasteiger partial charge on any atom is -0.493 e. The summed E-state index contributed by atoms with van der Waals surface area (Å²) in [6.45, 7) is 4.94. The second-order valence-electron chi connectivity index (χ2n) is 9.69. The highest BCUT2D eigenvalue weighted by Gasteiger charge is 2.31. The number of aromatic nitrogens is 1. The molecule has 4 aromatic rings. The molecule has 45 heavy (non-hydrogen) atoms. The Hall–Kier alpha value is -3.62.